The molecule has 4 nitrogen and oxygen atoms in total. The van der Waals surface area contributed by atoms with Gasteiger partial charge in [-0.15, -0.1) is 0 Å². The van der Waals surface area contributed by atoms with Crippen LogP contribution in [0, 0.1) is 5.92 Å². The van der Waals surface area contributed by atoms with E-state index in [1.54, 1.807) is 6.07 Å². The Hall–Kier alpha value is -2.33. The van der Waals surface area contributed by atoms with Gasteiger partial charge in [0.25, 0.3) is 5.91 Å². The van der Waals surface area contributed by atoms with Crippen LogP contribution >= 0.6 is 0 Å². The summed E-state index contributed by atoms with van der Waals surface area (Å²) in [5.41, 5.74) is 0.218. The largest absolute Gasteiger partial charge is 0.457 e. The SMILES string of the molecule is O=C(c1cccc(Oc2ccccc2)c1)N1CCC(C2(O)CC2)CC1. The highest BCUT2D eigenvalue weighted by Crippen LogP contribution is 2.46. The summed E-state index contributed by atoms with van der Waals surface area (Å²) in [4.78, 5) is 14.7. The number of aliphatic hydroxyl groups is 1. The van der Waals surface area contributed by atoms with Crippen LogP contribution in [0.4, 0.5) is 0 Å². The molecule has 1 aliphatic carbocycles. The number of likely N-dealkylation sites (tertiary alicyclic amines) is 1. The highest BCUT2D eigenvalue weighted by Gasteiger charge is 2.48. The fourth-order valence-electron chi connectivity index (χ4n) is 3.66. The van der Waals surface area contributed by atoms with Crippen LogP contribution in [0.15, 0.2) is 54.6 Å². The molecule has 0 radical (unpaired) electrons. The molecule has 1 heterocycles. The molecule has 2 fully saturated rings. The number of rotatable bonds is 4. The molecule has 0 spiro atoms. The summed E-state index contributed by atoms with van der Waals surface area (Å²) < 4.78 is 5.82. The van der Waals surface area contributed by atoms with Crippen molar-refractivity contribution in [2.24, 2.45) is 5.92 Å². The van der Waals surface area contributed by atoms with Gasteiger partial charge in [-0.3, -0.25) is 4.79 Å². The average Bonchev–Trinajstić information content (AvgIpc) is 3.41. The van der Waals surface area contributed by atoms with Gasteiger partial charge in [-0.05, 0) is 61.9 Å². The van der Waals surface area contributed by atoms with E-state index in [2.05, 4.69) is 0 Å². The Morgan fingerprint density at radius 3 is 2.36 bits per heavy atom. The molecule has 1 aliphatic heterocycles. The maximum Gasteiger partial charge on any atom is 0.253 e. The van der Waals surface area contributed by atoms with Gasteiger partial charge in [0.2, 0.25) is 0 Å². The highest BCUT2D eigenvalue weighted by atomic mass is 16.5. The monoisotopic (exact) mass is 337 g/mol. The lowest BCUT2D eigenvalue weighted by atomic mass is 9.89. The van der Waals surface area contributed by atoms with Crippen LogP contribution in [0.2, 0.25) is 0 Å². The van der Waals surface area contributed by atoms with Gasteiger partial charge in [-0.2, -0.15) is 0 Å². The quantitative estimate of drug-likeness (QED) is 0.922. The Bertz CT molecular complexity index is 747. The van der Waals surface area contributed by atoms with E-state index in [9.17, 15) is 9.90 Å². The molecule has 1 amide bonds. The highest BCUT2D eigenvalue weighted by molar-refractivity contribution is 5.94. The molecule has 2 aromatic carbocycles. The molecule has 0 bridgehead atoms. The fraction of sp³-hybridized carbons (Fsp3) is 0.381. The van der Waals surface area contributed by atoms with Crippen molar-refractivity contribution in [2.75, 3.05) is 13.1 Å². The molecular weight excluding hydrogens is 314 g/mol. The van der Waals surface area contributed by atoms with E-state index >= 15 is 0 Å². The fourth-order valence-corrected chi connectivity index (χ4v) is 3.66. The minimum atomic E-state index is -0.432. The Balaban J connectivity index is 1.41. The Morgan fingerprint density at radius 2 is 1.68 bits per heavy atom. The van der Waals surface area contributed by atoms with Crippen molar-refractivity contribution in [1.29, 1.82) is 0 Å². The average molecular weight is 337 g/mol. The van der Waals surface area contributed by atoms with Crippen LogP contribution in [-0.2, 0) is 0 Å². The van der Waals surface area contributed by atoms with E-state index in [1.807, 2.05) is 53.4 Å². The van der Waals surface area contributed by atoms with Crippen molar-refractivity contribution < 1.29 is 14.6 Å². The van der Waals surface area contributed by atoms with Gasteiger partial charge in [-0.1, -0.05) is 24.3 Å². The molecule has 1 N–H and O–H groups in total. The second-order valence-corrected chi connectivity index (χ2v) is 7.11. The summed E-state index contributed by atoms with van der Waals surface area (Å²) in [7, 11) is 0. The molecule has 4 heteroatoms. The number of benzene rings is 2. The predicted octanol–water partition coefficient (Wildman–Crippen LogP) is 3.86. The molecule has 130 valence electrons. The number of hydrogen-bond donors (Lipinski definition) is 1. The summed E-state index contributed by atoms with van der Waals surface area (Å²) in [6, 6.07) is 16.9. The molecule has 4 rings (SSSR count). The summed E-state index contributed by atoms with van der Waals surface area (Å²) >= 11 is 0. The summed E-state index contributed by atoms with van der Waals surface area (Å²) in [5.74, 6) is 1.81. The van der Waals surface area contributed by atoms with Gasteiger partial charge < -0.3 is 14.7 Å². The number of piperidine rings is 1. The lowest BCUT2D eigenvalue weighted by Crippen LogP contribution is -2.41. The molecule has 0 unspecified atom stereocenters. The van der Waals surface area contributed by atoms with Crippen molar-refractivity contribution in [3.63, 3.8) is 0 Å². The zero-order valence-electron chi connectivity index (χ0n) is 14.2. The smallest absolute Gasteiger partial charge is 0.253 e. The number of carbonyl (C=O) groups is 1. The maximum atomic E-state index is 12.8. The first-order valence-corrected chi connectivity index (χ1v) is 8.99. The lowest BCUT2D eigenvalue weighted by Gasteiger charge is -2.34. The third-order valence-corrected chi connectivity index (χ3v) is 5.36. The van der Waals surface area contributed by atoms with Gasteiger partial charge >= 0.3 is 0 Å². The summed E-state index contributed by atoms with van der Waals surface area (Å²) in [6.07, 6.45) is 3.62. The second kappa shape index (κ2) is 6.52. The van der Waals surface area contributed by atoms with Gasteiger partial charge in [0.05, 0.1) is 5.60 Å². The van der Waals surface area contributed by atoms with Crippen molar-refractivity contribution in [3.05, 3.63) is 60.2 Å². The van der Waals surface area contributed by atoms with Crippen molar-refractivity contribution in [2.45, 2.75) is 31.3 Å². The Labute approximate surface area is 148 Å². The summed E-state index contributed by atoms with van der Waals surface area (Å²) in [5, 5.41) is 10.3. The molecule has 2 aliphatic rings. The molecule has 0 atom stereocenters. The van der Waals surface area contributed by atoms with Gasteiger partial charge in [0, 0.05) is 18.7 Å². The first-order valence-electron chi connectivity index (χ1n) is 8.99. The number of hydrogen-bond acceptors (Lipinski definition) is 3. The first kappa shape index (κ1) is 16.2. The van der Waals surface area contributed by atoms with Crippen LogP contribution in [-0.4, -0.2) is 34.6 Å². The second-order valence-electron chi connectivity index (χ2n) is 7.11. The minimum Gasteiger partial charge on any atom is -0.457 e. The number of ether oxygens (including phenoxy) is 1. The van der Waals surface area contributed by atoms with E-state index in [0.717, 1.165) is 44.5 Å². The number of para-hydroxylation sites is 1. The molecule has 1 saturated carbocycles. The topological polar surface area (TPSA) is 49.8 Å². The normalized spacial score (nSPS) is 19.5. The van der Waals surface area contributed by atoms with Crippen LogP contribution < -0.4 is 4.74 Å². The van der Waals surface area contributed by atoms with Crippen LogP contribution in [0.1, 0.15) is 36.0 Å². The number of nitrogens with zero attached hydrogens (tertiary/aromatic N) is 1. The number of amides is 1. The first-order chi connectivity index (χ1) is 12.1. The molecular formula is C21H23NO3. The maximum absolute atomic E-state index is 12.8. The Morgan fingerprint density at radius 1 is 1.00 bits per heavy atom. The van der Waals surface area contributed by atoms with E-state index in [0.29, 0.717) is 17.2 Å². The minimum absolute atomic E-state index is 0.0414. The molecule has 2 aromatic rings. The van der Waals surface area contributed by atoms with E-state index < -0.39 is 5.60 Å². The third-order valence-electron chi connectivity index (χ3n) is 5.36. The molecule has 0 aromatic heterocycles. The van der Waals surface area contributed by atoms with Crippen LogP contribution in [0.25, 0.3) is 0 Å². The van der Waals surface area contributed by atoms with Crippen molar-refractivity contribution >= 4 is 5.91 Å². The standard InChI is InChI=1S/C21H23NO3/c23-20(22-13-9-17(10-14-22)21(24)11-12-21)16-5-4-8-19(15-16)25-18-6-2-1-3-7-18/h1-8,15,17,24H,9-14H2. The van der Waals surface area contributed by atoms with E-state index in [4.69, 9.17) is 4.74 Å². The van der Waals surface area contributed by atoms with E-state index in [-0.39, 0.29) is 5.91 Å². The van der Waals surface area contributed by atoms with Gasteiger partial charge in [0.15, 0.2) is 0 Å². The van der Waals surface area contributed by atoms with Crippen LogP contribution in [0.5, 0.6) is 11.5 Å². The predicted molar refractivity (Wildman–Crippen MR) is 95.8 cm³/mol. The van der Waals surface area contributed by atoms with Crippen molar-refractivity contribution in [1.82, 2.24) is 4.90 Å². The van der Waals surface area contributed by atoms with Crippen molar-refractivity contribution in [3.8, 4) is 11.5 Å². The third kappa shape index (κ3) is 3.54. The molecule has 1 saturated heterocycles. The molecule has 25 heavy (non-hydrogen) atoms. The lowest BCUT2D eigenvalue weighted by molar-refractivity contribution is 0.0340. The summed E-state index contributed by atoms with van der Waals surface area (Å²) in [6.45, 7) is 1.44. The zero-order chi connectivity index (χ0) is 17.3. The number of carbonyl (C=O) groups excluding carboxylic acids is 1. The van der Waals surface area contributed by atoms with Gasteiger partial charge in [-0.25, -0.2) is 0 Å². The Kier molecular flexibility index (Phi) is 4.22. The van der Waals surface area contributed by atoms with E-state index in [1.165, 1.54) is 0 Å². The van der Waals surface area contributed by atoms with Gasteiger partial charge in [0.1, 0.15) is 11.5 Å². The van der Waals surface area contributed by atoms with Crippen LogP contribution in [0.3, 0.4) is 0 Å². The zero-order valence-corrected chi connectivity index (χ0v) is 14.2.